The van der Waals surface area contributed by atoms with Gasteiger partial charge in [-0.15, -0.1) is 0 Å². The summed E-state index contributed by atoms with van der Waals surface area (Å²) in [5.41, 5.74) is 15.1. The molecule has 4 aromatic carbocycles. The number of aliphatic hydroxyl groups is 1. The molecule has 0 unspecified atom stereocenters. The Hall–Kier alpha value is -3.78. The largest absolute Gasteiger partial charge is 0.396 e. The first-order valence-corrected chi connectivity index (χ1v) is 15.0. The van der Waals surface area contributed by atoms with Crippen LogP contribution in [0.15, 0.2) is 84.9 Å². The molecule has 2 amide bonds. The first-order valence-electron chi connectivity index (χ1n) is 15.0. The molecule has 0 aromatic heterocycles. The Balaban J connectivity index is 1.27. The van der Waals surface area contributed by atoms with Gasteiger partial charge < -0.3 is 26.4 Å². The van der Waals surface area contributed by atoms with E-state index in [0.29, 0.717) is 38.8 Å². The molecular weight excluding hydrogens is 524 g/mol. The van der Waals surface area contributed by atoms with E-state index in [1.54, 1.807) is 0 Å². The summed E-state index contributed by atoms with van der Waals surface area (Å²) in [7, 11) is 0. The van der Waals surface area contributed by atoms with Gasteiger partial charge in [0.05, 0.1) is 12.1 Å². The number of carbonyl (C=O) groups excluding carboxylic acids is 2. The molecule has 220 valence electrons. The lowest BCUT2D eigenvalue weighted by Crippen LogP contribution is -2.64. The van der Waals surface area contributed by atoms with Gasteiger partial charge in [0.15, 0.2) is 0 Å². The number of amides is 2. The Morgan fingerprint density at radius 3 is 1.76 bits per heavy atom. The van der Waals surface area contributed by atoms with Gasteiger partial charge in [0.25, 0.3) is 0 Å². The fourth-order valence-corrected chi connectivity index (χ4v) is 6.19. The second-order valence-corrected chi connectivity index (χ2v) is 11.7. The second kappa shape index (κ2) is 13.5. The van der Waals surface area contributed by atoms with E-state index < -0.39 is 12.1 Å². The molecule has 4 atom stereocenters. The molecule has 42 heavy (non-hydrogen) atoms. The number of hydrogen-bond donors (Lipinski definition) is 3. The van der Waals surface area contributed by atoms with Crippen LogP contribution in [-0.2, 0) is 22.4 Å². The van der Waals surface area contributed by atoms with Gasteiger partial charge in [-0.1, -0.05) is 84.9 Å². The fraction of sp³-hybridized carbons (Fsp3) is 0.371. The van der Waals surface area contributed by atoms with Crippen molar-refractivity contribution in [2.75, 3.05) is 19.7 Å². The summed E-state index contributed by atoms with van der Waals surface area (Å²) in [4.78, 5) is 31.1. The Morgan fingerprint density at radius 2 is 1.24 bits per heavy atom. The van der Waals surface area contributed by atoms with E-state index in [1.807, 2.05) is 53.1 Å². The van der Waals surface area contributed by atoms with Crippen LogP contribution in [0.25, 0.3) is 21.5 Å². The Kier molecular flexibility index (Phi) is 9.52. The molecule has 0 radical (unpaired) electrons. The molecule has 1 aliphatic rings. The molecule has 1 heterocycles. The number of rotatable bonds is 10. The third kappa shape index (κ3) is 6.81. The van der Waals surface area contributed by atoms with Gasteiger partial charge in [-0.2, -0.15) is 0 Å². The molecule has 1 saturated heterocycles. The van der Waals surface area contributed by atoms with Crippen LogP contribution in [-0.4, -0.2) is 70.6 Å². The van der Waals surface area contributed by atoms with Crippen LogP contribution in [0, 0.1) is 0 Å². The highest BCUT2D eigenvalue weighted by Crippen LogP contribution is 2.24. The van der Waals surface area contributed by atoms with E-state index in [1.165, 1.54) is 0 Å². The molecule has 1 fully saturated rings. The first-order chi connectivity index (χ1) is 20.3. The number of nitrogens with zero attached hydrogens (tertiary/aromatic N) is 2. The van der Waals surface area contributed by atoms with Crippen LogP contribution in [0.4, 0.5) is 0 Å². The van der Waals surface area contributed by atoms with E-state index >= 15 is 0 Å². The van der Waals surface area contributed by atoms with Crippen molar-refractivity contribution >= 4 is 33.4 Å². The number of piperazine rings is 1. The Morgan fingerprint density at radius 1 is 0.738 bits per heavy atom. The van der Waals surface area contributed by atoms with Crippen molar-refractivity contribution in [3.8, 4) is 0 Å². The van der Waals surface area contributed by atoms with Crippen molar-refractivity contribution in [2.24, 2.45) is 11.5 Å². The molecule has 1 aliphatic heterocycles. The maximum absolute atomic E-state index is 13.7. The Bertz CT molecular complexity index is 1540. The van der Waals surface area contributed by atoms with E-state index in [9.17, 15) is 14.7 Å². The highest BCUT2D eigenvalue weighted by molar-refractivity contribution is 5.87. The maximum atomic E-state index is 13.7. The summed E-state index contributed by atoms with van der Waals surface area (Å²) in [6, 6.07) is 26.9. The van der Waals surface area contributed by atoms with Gasteiger partial charge in [-0.3, -0.25) is 9.59 Å². The lowest BCUT2D eigenvalue weighted by atomic mass is 9.96. The monoisotopic (exact) mass is 566 g/mol. The number of nitrogens with two attached hydrogens (primary N) is 2. The van der Waals surface area contributed by atoms with E-state index in [4.69, 9.17) is 11.5 Å². The lowest BCUT2D eigenvalue weighted by molar-refractivity contribution is -0.148. The summed E-state index contributed by atoms with van der Waals surface area (Å²) in [6.45, 7) is 2.88. The summed E-state index contributed by atoms with van der Waals surface area (Å²) >= 11 is 0. The van der Waals surface area contributed by atoms with Crippen LogP contribution in [0.3, 0.4) is 0 Å². The standard InChI is InChI=1S/C35H42N4O3/c1-24-22-39(35(42)33(37)21-26-14-16-28-9-3-5-11-30(28)19-26)31(12-6-7-17-40)23-38(24)34(41)32(36)20-25-13-15-27-8-2-4-10-29(27)18-25/h2-5,8-11,13-16,18-19,24,31-33,40H,6-7,12,17,20-23,36-37H2,1H3/t24-,31+,32-,33-/m1/s1. The molecule has 0 bridgehead atoms. The average molecular weight is 567 g/mol. The number of benzene rings is 4. The smallest absolute Gasteiger partial charge is 0.240 e. The third-order valence-corrected chi connectivity index (χ3v) is 8.53. The summed E-state index contributed by atoms with van der Waals surface area (Å²) < 4.78 is 0. The lowest BCUT2D eigenvalue weighted by Gasteiger charge is -2.47. The zero-order chi connectivity index (χ0) is 29.6. The van der Waals surface area contributed by atoms with Gasteiger partial charge in [-0.05, 0) is 71.7 Å². The van der Waals surface area contributed by atoms with E-state index in [-0.39, 0.29) is 30.5 Å². The summed E-state index contributed by atoms with van der Waals surface area (Å²) in [5.74, 6) is -0.202. The third-order valence-electron chi connectivity index (χ3n) is 8.53. The minimum absolute atomic E-state index is 0.0951. The minimum Gasteiger partial charge on any atom is -0.396 e. The summed E-state index contributed by atoms with van der Waals surface area (Å²) in [6.07, 6.45) is 2.97. The molecule has 0 aliphatic carbocycles. The summed E-state index contributed by atoms with van der Waals surface area (Å²) in [5, 5.41) is 13.9. The number of fused-ring (bicyclic) bond motifs is 2. The van der Waals surface area contributed by atoms with Crippen LogP contribution in [0.1, 0.15) is 37.3 Å². The quantitative estimate of drug-likeness (QED) is 0.251. The predicted octanol–water partition coefficient (Wildman–Crippen LogP) is 4.02. The SMILES string of the molecule is C[C@@H]1CN(C(=O)[C@H](N)Cc2ccc3ccccc3c2)[C@@H](CCCCO)CN1C(=O)[C@H](N)Cc1ccc2ccccc2c1. The van der Waals surface area contributed by atoms with Crippen LogP contribution >= 0.6 is 0 Å². The molecule has 0 spiro atoms. The molecule has 7 nitrogen and oxygen atoms in total. The Labute approximate surface area is 248 Å². The normalized spacial score (nSPS) is 18.8. The number of aliphatic hydroxyl groups excluding tert-OH is 1. The zero-order valence-electron chi connectivity index (χ0n) is 24.4. The topological polar surface area (TPSA) is 113 Å². The number of carbonyl (C=O) groups is 2. The van der Waals surface area contributed by atoms with E-state index in [0.717, 1.165) is 39.1 Å². The molecular formula is C35H42N4O3. The van der Waals surface area contributed by atoms with Crippen molar-refractivity contribution in [1.29, 1.82) is 0 Å². The van der Waals surface area contributed by atoms with Gasteiger partial charge >= 0.3 is 0 Å². The first kappa shape index (κ1) is 29.7. The van der Waals surface area contributed by atoms with Crippen molar-refractivity contribution in [3.63, 3.8) is 0 Å². The molecule has 4 aromatic rings. The van der Waals surface area contributed by atoms with Gasteiger partial charge in [-0.25, -0.2) is 0 Å². The highest BCUT2D eigenvalue weighted by atomic mass is 16.3. The molecule has 0 saturated carbocycles. The predicted molar refractivity (Wildman–Crippen MR) is 169 cm³/mol. The van der Waals surface area contributed by atoms with Crippen molar-refractivity contribution in [1.82, 2.24) is 9.80 Å². The zero-order valence-corrected chi connectivity index (χ0v) is 24.4. The van der Waals surface area contributed by atoms with Crippen LogP contribution in [0.2, 0.25) is 0 Å². The van der Waals surface area contributed by atoms with Gasteiger partial charge in [0, 0.05) is 31.8 Å². The highest BCUT2D eigenvalue weighted by Gasteiger charge is 2.39. The molecule has 5 rings (SSSR count). The van der Waals surface area contributed by atoms with Crippen molar-refractivity contribution in [3.05, 3.63) is 96.1 Å². The van der Waals surface area contributed by atoms with Gasteiger partial charge in [0.1, 0.15) is 0 Å². The average Bonchev–Trinajstić information content (AvgIpc) is 3.00. The van der Waals surface area contributed by atoms with Crippen molar-refractivity contribution in [2.45, 2.75) is 63.2 Å². The van der Waals surface area contributed by atoms with Crippen molar-refractivity contribution < 1.29 is 14.7 Å². The second-order valence-electron chi connectivity index (χ2n) is 11.7. The minimum atomic E-state index is -0.684. The van der Waals surface area contributed by atoms with Crippen LogP contribution in [0.5, 0.6) is 0 Å². The number of unbranched alkanes of at least 4 members (excludes halogenated alkanes) is 1. The van der Waals surface area contributed by atoms with E-state index in [2.05, 4.69) is 48.5 Å². The van der Waals surface area contributed by atoms with Gasteiger partial charge in [0.2, 0.25) is 11.8 Å². The fourth-order valence-electron chi connectivity index (χ4n) is 6.19. The number of hydrogen-bond acceptors (Lipinski definition) is 5. The molecule has 5 N–H and O–H groups in total. The van der Waals surface area contributed by atoms with Crippen LogP contribution < -0.4 is 11.5 Å². The maximum Gasteiger partial charge on any atom is 0.240 e. The molecule has 7 heteroatoms.